The molecule has 0 unspecified atom stereocenters. The van der Waals surface area contributed by atoms with Crippen LogP contribution in [0, 0.1) is 6.92 Å². The highest BCUT2D eigenvalue weighted by atomic mass is 35.5. The minimum Gasteiger partial charge on any atom is -0.238 e. The maximum atomic E-state index is 5.98. The summed E-state index contributed by atoms with van der Waals surface area (Å²) in [5.74, 6) is 0.870. The summed E-state index contributed by atoms with van der Waals surface area (Å²) in [4.78, 5) is 8.67. The molecule has 0 bridgehead atoms. The number of nitrogens with zero attached hydrogens (tertiary/aromatic N) is 2. The highest BCUT2D eigenvalue weighted by Gasteiger charge is 2.06. The second-order valence-electron chi connectivity index (χ2n) is 3.11. The molecule has 2 nitrogen and oxygen atoms in total. The van der Waals surface area contributed by atoms with Crippen molar-refractivity contribution in [3.63, 3.8) is 0 Å². The van der Waals surface area contributed by atoms with Crippen LogP contribution in [0.2, 0.25) is 5.15 Å². The quantitative estimate of drug-likeness (QED) is 0.698. The predicted molar refractivity (Wildman–Crippen MR) is 55.2 cm³/mol. The van der Waals surface area contributed by atoms with E-state index in [1.807, 2.05) is 6.92 Å². The van der Waals surface area contributed by atoms with Crippen molar-refractivity contribution < 1.29 is 0 Å². The lowest BCUT2D eigenvalue weighted by Gasteiger charge is -2.06. The molecule has 0 saturated heterocycles. The Hall–Kier alpha value is -0.630. The fourth-order valence-corrected chi connectivity index (χ4v) is 1.47. The summed E-state index contributed by atoms with van der Waals surface area (Å²) in [5, 5.41) is 0.607. The molecule has 0 radical (unpaired) electrons. The molecule has 3 heteroatoms. The monoisotopic (exact) mass is 198 g/mol. The molecular formula is C10H15ClN2. The van der Waals surface area contributed by atoms with Gasteiger partial charge in [0.1, 0.15) is 11.0 Å². The number of rotatable bonds is 3. The van der Waals surface area contributed by atoms with Crippen molar-refractivity contribution in [2.75, 3.05) is 0 Å². The highest BCUT2D eigenvalue weighted by molar-refractivity contribution is 6.30. The summed E-state index contributed by atoms with van der Waals surface area (Å²) in [6, 6.07) is 0. The van der Waals surface area contributed by atoms with Crippen LogP contribution in [-0.2, 0) is 12.8 Å². The van der Waals surface area contributed by atoms with E-state index in [0.29, 0.717) is 5.15 Å². The molecule has 1 rings (SSSR count). The summed E-state index contributed by atoms with van der Waals surface area (Å²) in [7, 11) is 0. The molecule has 0 atom stereocenters. The van der Waals surface area contributed by atoms with Gasteiger partial charge in [-0.2, -0.15) is 0 Å². The van der Waals surface area contributed by atoms with E-state index in [1.54, 1.807) is 0 Å². The first-order chi connectivity index (χ1) is 6.19. The minimum atomic E-state index is 0.607. The van der Waals surface area contributed by atoms with E-state index in [2.05, 4.69) is 23.8 Å². The van der Waals surface area contributed by atoms with Crippen molar-refractivity contribution in [3.8, 4) is 0 Å². The lowest BCUT2D eigenvalue weighted by Crippen LogP contribution is -2.02. The van der Waals surface area contributed by atoms with Crippen LogP contribution in [0.5, 0.6) is 0 Å². The third-order valence-corrected chi connectivity index (χ3v) is 2.41. The van der Waals surface area contributed by atoms with E-state index in [-0.39, 0.29) is 0 Å². The molecule has 72 valence electrons. The molecule has 13 heavy (non-hydrogen) atoms. The van der Waals surface area contributed by atoms with Gasteiger partial charge in [-0.15, -0.1) is 0 Å². The Bertz CT molecular complexity index is 297. The average Bonchev–Trinajstić information content (AvgIpc) is 2.11. The highest BCUT2D eigenvalue weighted by Crippen LogP contribution is 2.16. The van der Waals surface area contributed by atoms with E-state index in [9.17, 15) is 0 Å². The van der Waals surface area contributed by atoms with Gasteiger partial charge in [-0.1, -0.05) is 25.4 Å². The zero-order valence-corrected chi connectivity index (χ0v) is 9.15. The fraction of sp³-hybridized carbons (Fsp3) is 0.600. The SMILES string of the molecule is CCCc1nc(Cl)c(C)c(CC)n1. The van der Waals surface area contributed by atoms with Gasteiger partial charge in [0.05, 0.1) is 0 Å². The number of hydrogen-bond donors (Lipinski definition) is 0. The van der Waals surface area contributed by atoms with Gasteiger partial charge in [0.2, 0.25) is 0 Å². The topological polar surface area (TPSA) is 25.8 Å². The zero-order chi connectivity index (χ0) is 9.84. The molecule has 1 aromatic heterocycles. The largest absolute Gasteiger partial charge is 0.238 e. The Morgan fingerprint density at radius 1 is 1.23 bits per heavy atom. The standard InChI is InChI=1S/C10H15ClN2/c1-4-6-9-12-8(5-2)7(3)10(11)13-9/h4-6H2,1-3H3. The normalized spacial score (nSPS) is 10.5. The predicted octanol–water partition coefficient (Wildman–Crippen LogP) is 2.95. The molecule has 0 aliphatic carbocycles. The molecular weight excluding hydrogens is 184 g/mol. The van der Waals surface area contributed by atoms with Crippen LogP contribution >= 0.6 is 11.6 Å². The summed E-state index contributed by atoms with van der Waals surface area (Å²) >= 11 is 5.98. The van der Waals surface area contributed by atoms with Crippen molar-refractivity contribution in [3.05, 3.63) is 22.2 Å². The van der Waals surface area contributed by atoms with Crippen molar-refractivity contribution in [2.24, 2.45) is 0 Å². The van der Waals surface area contributed by atoms with E-state index in [4.69, 9.17) is 11.6 Å². The Morgan fingerprint density at radius 3 is 2.46 bits per heavy atom. The van der Waals surface area contributed by atoms with Crippen LogP contribution < -0.4 is 0 Å². The van der Waals surface area contributed by atoms with Crippen LogP contribution in [0.15, 0.2) is 0 Å². The average molecular weight is 199 g/mol. The van der Waals surface area contributed by atoms with Gasteiger partial charge in [-0.05, 0) is 19.8 Å². The summed E-state index contributed by atoms with van der Waals surface area (Å²) < 4.78 is 0. The first kappa shape index (κ1) is 10.5. The maximum absolute atomic E-state index is 5.98. The van der Waals surface area contributed by atoms with Crippen molar-refractivity contribution >= 4 is 11.6 Å². The molecule has 0 aromatic carbocycles. The Balaban J connectivity index is 3.06. The van der Waals surface area contributed by atoms with E-state index < -0.39 is 0 Å². The molecule has 0 fully saturated rings. The number of aromatic nitrogens is 2. The van der Waals surface area contributed by atoms with Crippen molar-refractivity contribution in [1.29, 1.82) is 0 Å². The van der Waals surface area contributed by atoms with Crippen molar-refractivity contribution in [2.45, 2.75) is 40.0 Å². The van der Waals surface area contributed by atoms with Gasteiger partial charge in [-0.3, -0.25) is 0 Å². The van der Waals surface area contributed by atoms with Crippen LogP contribution in [0.4, 0.5) is 0 Å². The third kappa shape index (κ3) is 2.41. The third-order valence-electron chi connectivity index (χ3n) is 2.04. The first-order valence-electron chi connectivity index (χ1n) is 4.70. The lowest BCUT2D eigenvalue weighted by atomic mass is 10.2. The van der Waals surface area contributed by atoms with E-state index in [1.165, 1.54) is 0 Å². The van der Waals surface area contributed by atoms with Crippen LogP contribution in [-0.4, -0.2) is 9.97 Å². The summed E-state index contributed by atoms with van der Waals surface area (Å²) in [6.45, 7) is 6.17. The van der Waals surface area contributed by atoms with E-state index >= 15 is 0 Å². The Morgan fingerprint density at radius 2 is 1.92 bits per heavy atom. The molecule has 0 aliphatic heterocycles. The fourth-order valence-electron chi connectivity index (χ4n) is 1.26. The molecule has 0 saturated carbocycles. The van der Waals surface area contributed by atoms with Crippen molar-refractivity contribution in [1.82, 2.24) is 9.97 Å². The van der Waals surface area contributed by atoms with Gasteiger partial charge in [0, 0.05) is 17.7 Å². The molecule has 1 aromatic rings. The van der Waals surface area contributed by atoms with Gasteiger partial charge in [0.25, 0.3) is 0 Å². The van der Waals surface area contributed by atoms with Gasteiger partial charge in [-0.25, -0.2) is 9.97 Å². The van der Waals surface area contributed by atoms with Crippen LogP contribution in [0.25, 0.3) is 0 Å². The second-order valence-corrected chi connectivity index (χ2v) is 3.46. The van der Waals surface area contributed by atoms with Crippen LogP contribution in [0.1, 0.15) is 37.4 Å². The lowest BCUT2D eigenvalue weighted by molar-refractivity contribution is 0.807. The molecule has 1 heterocycles. The number of halogens is 1. The van der Waals surface area contributed by atoms with Crippen LogP contribution in [0.3, 0.4) is 0 Å². The van der Waals surface area contributed by atoms with Gasteiger partial charge >= 0.3 is 0 Å². The molecule has 0 amide bonds. The molecule has 0 N–H and O–H groups in total. The number of aryl methyl sites for hydroxylation is 2. The van der Waals surface area contributed by atoms with Gasteiger partial charge < -0.3 is 0 Å². The molecule has 0 spiro atoms. The maximum Gasteiger partial charge on any atom is 0.135 e. The smallest absolute Gasteiger partial charge is 0.135 e. The first-order valence-corrected chi connectivity index (χ1v) is 5.08. The second kappa shape index (κ2) is 4.56. The number of hydrogen-bond acceptors (Lipinski definition) is 2. The van der Waals surface area contributed by atoms with E-state index in [0.717, 1.165) is 36.3 Å². The summed E-state index contributed by atoms with van der Waals surface area (Å²) in [6.07, 6.45) is 2.89. The van der Waals surface area contributed by atoms with Gasteiger partial charge in [0.15, 0.2) is 0 Å². The minimum absolute atomic E-state index is 0.607. The summed E-state index contributed by atoms with van der Waals surface area (Å²) in [5.41, 5.74) is 2.09. The molecule has 0 aliphatic rings. The Labute approximate surface area is 84.4 Å². The zero-order valence-electron chi connectivity index (χ0n) is 8.39. The Kier molecular flexibility index (Phi) is 3.67.